The van der Waals surface area contributed by atoms with Crippen molar-refractivity contribution in [2.75, 3.05) is 32.7 Å². The smallest absolute Gasteiger partial charge is 0.361 e. The van der Waals surface area contributed by atoms with Crippen LogP contribution in [-0.2, 0) is 23.6 Å². The molecule has 1 aliphatic heterocycles. The van der Waals surface area contributed by atoms with Gasteiger partial charge in [-0.3, -0.25) is 14.5 Å². The van der Waals surface area contributed by atoms with Gasteiger partial charge in [-0.1, -0.05) is 37.5 Å². The SMILES string of the molecule is O=C(CN1CCN(C(=O)c2cc(C(F)(F)F)cc(C(F)(F)F)c2)[C@H](Cc2c[nH]c3ccccc23)C1)NCC1CCCCC1. The van der Waals surface area contributed by atoms with Crippen LogP contribution in [0.25, 0.3) is 10.9 Å². The summed E-state index contributed by atoms with van der Waals surface area (Å²) in [5.41, 5.74) is -2.04. The largest absolute Gasteiger partial charge is 0.416 e. The third-order valence-electron chi connectivity index (χ3n) is 8.47. The fourth-order valence-electron chi connectivity index (χ4n) is 6.21. The molecule has 5 rings (SSSR count). The van der Waals surface area contributed by atoms with Gasteiger partial charge in [0.25, 0.3) is 5.91 Å². The van der Waals surface area contributed by atoms with Crippen molar-refractivity contribution in [3.05, 3.63) is 70.9 Å². The highest BCUT2D eigenvalue weighted by Gasteiger charge is 2.39. The number of para-hydroxylation sites is 1. The van der Waals surface area contributed by atoms with Crippen molar-refractivity contribution in [3.8, 4) is 0 Å². The zero-order valence-corrected chi connectivity index (χ0v) is 23.5. The van der Waals surface area contributed by atoms with Crippen molar-refractivity contribution in [1.29, 1.82) is 0 Å². The number of benzene rings is 2. The molecule has 2 heterocycles. The van der Waals surface area contributed by atoms with Gasteiger partial charge in [-0.2, -0.15) is 26.3 Å². The van der Waals surface area contributed by atoms with Gasteiger partial charge in [0.15, 0.2) is 0 Å². The molecule has 2 aliphatic rings. The number of carbonyl (C=O) groups is 2. The van der Waals surface area contributed by atoms with Crippen LogP contribution in [0.3, 0.4) is 0 Å². The molecule has 12 heteroatoms. The number of aromatic amines is 1. The summed E-state index contributed by atoms with van der Waals surface area (Å²) >= 11 is 0. The number of piperazine rings is 1. The lowest BCUT2D eigenvalue weighted by molar-refractivity contribution is -0.143. The molecule has 232 valence electrons. The minimum atomic E-state index is -5.07. The standard InChI is InChI=1S/C31H34F6N4O2/c32-30(33,34)23-12-21(13-24(15-23)31(35,36)37)29(43)41-11-10-40(19-28(42)39-16-20-6-2-1-3-7-20)18-25(41)14-22-17-38-27-9-5-4-8-26(22)27/h4-5,8-9,12-13,15,17,20,25,38H,1-3,6-7,10-11,14,16,18-19H2,(H,39,42)/t25-/m1/s1. The van der Waals surface area contributed by atoms with E-state index in [1.54, 1.807) is 6.20 Å². The number of hydrogen-bond donors (Lipinski definition) is 2. The first-order valence-corrected chi connectivity index (χ1v) is 14.5. The molecule has 1 atom stereocenters. The average molecular weight is 609 g/mol. The lowest BCUT2D eigenvalue weighted by Gasteiger charge is -2.41. The molecule has 1 saturated carbocycles. The Balaban J connectivity index is 1.38. The Hall–Kier alpha value is -3.54. The number of alkyl halides is 6. The molecule has 2 N–H and O–H groups in total. The van der Waals surface area contributed by atoms with Gasteiger partial charge in [-0.15, -0.1) is 0 Å². The number of H-pyrrole nitrogens is 1. The van der Waals surface area contributed by atoms with Crippen molar-refractivity contribution < 1.29 is 35.9 Å². The second-order valence-corrected chi connectivity index (χ2v) is 11.6. The summed E-state index contributed by atoms with van der Waals surface area (Å²) in [6.07, 6.45) is -2.37. The number of nitrogens with one attached hydrogen (secondary N) is 2. The van der Waals surface area contributed by atoms with Gasteiger partial charge in [0.1, 0.15) is 0 Å². The van der Waals surface area contributed by atoms with E-state index < -0.39 is 41.0 Å². The van der Waals surface area contributed by atoms with E-state index in [1.165, 1.54) is 11.3 Å². The maximum atomic E-state index is 13.7. The molecule has 43 heavy (non-hydrogen) atoms. The van der Waals surface area contributed by atoms with E-state index in [9.17, 15) is 35.9 Å². The van der Waals surface area contributed by atoms with Crippen LogP contribution < -0.4 is 5.32 Å². The zero-order valence-electron chi connectivity index (χ0n) is 23.5. The van der Waals surface area contributed by atoms with E-state index >= 15 is 0 Å². The van der Waals surface area contributed by atoms with Gasteiger partial charge in [-0.25, -0.2) is 0 Å². The maximum Gasteiger partial charge on any atom is 0.416 e. The Morgan fingerprint density at radius 1 is 0.907 bits per heavy atom. The number of amides is 2. The third-order valence-corrected chi connectivity index (χ3v) is 8.47. The van der Waals surface area contributed by atoms with Gasteiger partial charge in [0, 0.05) is 54.9 Å². The summed E-state index contributed by atoms with van der Waals surface area (Å²) in [4.78, 5) is 32.8. The van der Waals surface area contributed by atoms with Gasteiger partial charge in [-0.05, 0) is 55.0 Å². The van der Waals surface area contributed by atoms with Crippen molar-refractivity contribution in [3.63, 3.8) is 0 Å². The normalized spacial score (nSPS) is 19.1. The van der Waals surface area contributed by atoms with Crippen LogP contribution in [0.5, 0.6) is 0 Å². The number of halogens is 6. The molecule has 1 aliphatic carbocycles. The van der Waals surface area contributed by atoms with Crippen molar-refractivity contribution in [1.82, 2.24) is 20.1 Å². The molecule has 1 aromatic heterocycles. The Kier molecular flexibility index (Phi) is 9.05. The van der Waals surface area contributed by atoms with E-state index in [0.717, 1.165) is 42.1 Å². The van der Waals surface area contributed by atoms with E-state index in [4.69, 9.17) is 0 Å². The maximum absolute atomic E-state index is 13.7. The monoisotopic (exact) mass is 608 g/mol. The predicted molar refractivity (Wildman–Crippen MR) is 149 cm³/mol. The Bertz CT molecular complexity index is 1410. The highest BCUT2D eigenvalue weighted by atomic mass is 19.4. The second kappa shape index (κ2) is 12.6. The summed E-state index contributed by atoms with van der Waals surface area (Å²) < 4.78 is 81.2. The fraction of sp³-hybridized carbons (Fsp3) is 0.484. The summed E-state index contributed by atoms with van der Waals surface area (Å²) in [6, 6.07) is 7.87. The number of nitrogens with zero attached hydrogens (tertiary/aromatic N) is 2. The van der Waals surface area contributed by atoms with Crippen LogP contribution in [0.1, 0.15) is 59.2 Å². The molecule has 6 nitrogen and oxygen atoms in total. The molecule has 3 aromatic rings. The van der Waals surface area contributed by atoms with Gasteiger partial charge < -0.3 is 15.2 Å². The van der Waals surface area contributed by atoms with Crippen LogP contribution in [0.4, 0.5) is 26.3 Å². The molecular formula is C31H34F6N4O2. The first kappa shape index (κ1) is 30.9. The molecule has 0 radical (unpaired) electrons. The number of rotatable bonds is 7. The third kappa shape index (κ3) is 7.52. The highest BCUT2D eigenvalue weighted by Crippen LogP contribution is 2.37. The molecule has 0 unspecified atom stereocenters. The molecule has 2 aromatic carbocycles. The van der Waals surface area contributed by atoms with Crippen LogP contribution in [0.2, 0.25) is 0 Å². The molecule has 0 bridgehead atoms. The molecule has 0 spiro atoms. The zero-order chi connectivity index (χ0) is 30.8. The first-order valence-electron chi connectivity index (χ1n) is 14.5. The molecular weight excluding hydrogens is 574 g/mol. The lowest BCUT2D eigenvalue weighted by Crippen LogP contribution is -2.57. The summed E-state index contributed by atoms with van der Waals surface area (Å²) in [7, 11) is 0. The number of fused-ring (bicyclic) bond motifs is 1. The van der Waals surface area contributed by atoms with E-state index in [2.05, 4.69) is 10.3 Å². The average Bonchev–Trinajstić information content (AvgIpc) is 3.38. The van der Waals surface area contributed by atoms with E-state index in [1.807, 2.05) is 29.2 Å². The van der Waals surface area contributed by atoms with E-state index in [-0.39, 0.29) is 38.2 Å². The van der Waals surface area contributed by atoms with Gasteiger partial charge in [0.2, 0.25) is 5.91 Å². The first-order chi connectivity index (χ1) is 20.4. The minimum absolute atomic E-state index is 0.0179. The number of carbonyl (C=O) groups excluding carboxylic acids is 2. The minimum Gasteiger partial charge on any atom is -0.361 e. The van der Waals surface area contributed by atoms with Gasteiger partial charge >= 0.3 is 12.4 Å². The summed E-state index contributed by atoms with van der Waals surface area (Å²) in [6.45, 7) is 1.21. The van der Waals surface area contributed by atoms with Crippen molar-refractivity contribution >= 4 is 22.7 Å². The summed E-state index contributed by atoms with van der Waals surface area (Å²) in [5, 5.41) is 3.90. The van der Waals surface area contributed by atoms with Crippen LogP contribution in [-0.4, -0.2) is 65.4 Å². The Morgan fingerprint density at radius 3 is 2.26 bits per heavy atom. The van der Waals surface area contributed by atoms with Crippen LogP contribution in [0.15, 0.2) is 48.7 Å². The molecule has 2 fully saturated rings. The van der Waals surface area contributed by atoms with Crippen LogP contribution in [0, 0.1) is 5.92 Å². The Morgan fingerprint density at radius 2 is 1.58 bits per heavy atom. The van der Waals surface area contributed by atoms with Gasteiger partial charge in [0.05, 0.1) is 17.7 Å². The quantitative estimate of drug-likeness (QED) is 0.311. The fourth-order valence-corrected chi connectivity index (χ4v) is 6.21. The number of hydrogen-bond acceptors (Lipinski definition) is 3. The highest BCUT2D eigenvalue weighted by molar-refractivity contribution is 5.95. The topological polar surface area (TPSA) is 68.4 Å². The van der Waals surface area contributed by atoms with Crippen molar-refractivity contribution in [2.45, 2.75) is 56.9 Å². The Labute approximate surface area is 245 Å². The second-order valence-electron chi connectivity index (χ2n) is 11.6. The molecule has 1 saturated heterocycles. The van der Waals surface area contributed by atoms with E-state index in [0.29, 0.717) is 31.0 Å². The molecule has 2 amide bonds. The summed E-state index contributed by atoms with van der Waals surface area (Å²) in [5.74, 6) is -0.609. The van der Waals surface area contributed by atoms with Crippen molar-refractivity contribution in [2.24, 2.45) is 5.92 Å². The number of aromatic nitrogens is 1. The predicted octanol–water partition coefficient (Wildman–Crippen LogP) is 6.27. The lowest BCUT2D eigenvalue weighted by atomic mass is 9.89. The van der Waals surface area contributed by atoms with Crippen LogP contribution >= 0.6 is 0 Å².